The molecule has 2 nitrogen and oxygen atoms in total. The maximum Gasteiger partial charge on any atom is 0.141 e. The monoisotopic (exact) mass is 319 g/mol. The molecule has 0 fully saturated rings. The molecule has 19 heavy (non-hydrogen) atoms. The summed E-state index contributed by atoms with van der Waals surface area (Å²) < 4.78 is 6.86. The van der Waals surface area contributed by atoms with E-state index in [4.69, 9.17) is 4.74 Å². The van der Waals surface area contributed by atoms with E-state index in [-0.39, 0.29) is 0 Å². The van der Waals surface area contributed by atoms with Gasteiger partial charge in [0.2, 0.25) is 0 Å². The third kappa shape index (κ3) is 4.08. The molecule has 2 aromatic rings. The fourth-order valence-electron chi connectivity index (χ4n) is 1.81. The number of hydrogen-bond acceptors (Lipinski definition) is 2. The number of rotatable bonds is 5. The zero-order valence-electron chi connectivity index (χ0n) is 11.2. The third-order valence-corrected chi connectivity index (χ3v) is 3.41. The number of ether oxygens (including phenoxy) is 1. The first kappa shape index (κ1) is 14.1. The van der Waals surface area contributed by atoms with E-state index in [0.29, 0.717) is 0 Å². The maximum atomic E-state index is 5.88. The number of halogens is 1. The summed E-state index contributed by atoms with van der Waals surface area (Å²) in [5, 5.41) is 3.31. The first-order chi connectivity index (χ1) is 9.19. The van der Waals surface area contributed by atoms with Crippen molar-refractivity contribution in [1.29, 1.82) is 0 Å². The molecule has 0 aromatic heterocycles. The maximum absolute atomic E-state index is 5.88. The van der Waals surface area contributed by atoms with E-state index < -0.39 is 0 Å². The summed E-state index contributed by atoms with van der Waals surface area (Å²) in [5.74, 6) is 1.70. The summed E-state index contributed by atoms with van der Waals surface area (Å²) in [6, 6.07) is 14.2. The summed E-state index contributed by atoms with van der Waals surface area (Å²) in [5.41, 5.74) is 2.43. The molecule has 3 heteroatoms. The molecule has 0 spiro atoms. The Morgan fingerprint density at radius 1 is 1.16 bits per heavy atom. The zero-order chi connectivity index (χ0) is 13.7. The average Bonchev–Trinajstić information content (AvgIpc) is 2.39. The van der Waals surface area contributed by atoms with Gasteiger partial charge >= 0.3 is 0 Å². The molecule has 0 bridgehead atoms. The van der Waals surface area contributed by atoms with Crippen molar-refractivity contribution in [2.45, 2.75) is 20.4 Å². The minimum absolute atomic E-state index is 0.839. The highest BCUT2D eigenvalue weighted by atomic mass is 79.9. The van der Waals surface area contributed by atoms with Gasteiger partial charge in [-0.3, -0.25) is 0 Å². The van der Waals surface area contributed by atoms with Crippen molar-refractivity contribution in [3.63, 3.8) is 0 Å². The summed E-state index contributed by atoms with van der Waals surface area (Å²) in [4.78, 5) is 0. The van der Waals surface area contributed by atoms with Crippen molar-refractivity contribution in [3.8, 4) is 11.5 Å². The highest BCUT2D eigenvalue weighted by Gasteiger charge is 2.04. The molecule has 1 N–H and O–H groups in total. The number of benzene rings is 2. The second kappa shape index (κ2) is 6.73. The van der Waals surface area contributed by atoms with E-state index >= 15 is 0 Å². The molecule has 2 aromatic carbocycles. The average molecular weight is 320 g/mol. The molecule has 0 saturated carbocycles. The fourth-order valence-corrected chi connectivity index (χ4v) is 2.32. The Morgan fingerprint density at radius 3 is 2.68 bits per heavy atom. The van der Waals surface area contributed by atoms with Crippen LogP contribution in [0.15, 0.2) is 46.9 Å². The summed E-state index contributed by atoms with van der Waals surface area (Å²) in [6.07, 6.45) is 0. The van der Waals surface area contributed by atoms with Crippen LogP contribution in [0.1, 0.15) is 18.1 Å². The molecule has 0 saturated heterocycles. The van der Waals surface area contributed by atoms with E-state index in [1.54, 1.807) is 0 Å². The topological polar surface area (TPSA) is 21.3 Å². The van der Waals surface area contributed by atoms with Crippen molar-refractivity contribution in [3.05, 3.63) is 58.1 Å². The molecule has 2 rings (SSSR count). The van der Waals surface area contributed by atoms with Crippen molar-refractivity contribution in [2.24, 2.45) is 0 Å². The highest BCUT2D eigenvalue weighted by molar-refractivity contribution is 9.10. The van der Waals surface area contributed by atoms with Crippen LogP contribution in [-0.4, -0.2) is 6.54 Å². The molecule has 0 aliphatic heterocycles. The van der Waals surface area contributed by atoms with E-state index in [2.05, 4.69) is 53.3 Å². The molecule has 0 heterocycles. The van der Waals surface area contributed by atoms with Gasteiger partial charge in [-0.15, -0.1) is 0 Å². The van der Waals surface area contributed by atoms with Gasteiger partial charge in [-0.05, 0) is 64.8 Å². The molecule has 0 amide bonds. The van der Waals surface area contributed by atoms with Crippen LogP contribution in [-0.2, 0) is 6.54 Å². The molecular formula is C16H18BrNO. The molecule has 0 radical (unpaired) electrons. The molecule has 0 atom stereocenters. The van der Waals surface area contributed by atoms with Gasteiger partial charge in [-0.25, -0.2) is 0 Å². The lowest BCUT2D eigenvalue weighted by Crippen LogP contribution is -2.11. The minimum Gasteiger partial charge on any atom is -0.456 e. The second-order valence-electron chi connectivity index (χ2n) is 4.46. The Balaban J connectivity index is 2.13. The van der Waals surface area contributed by atoms with Crippen molar-refractivity contribution < 1.29 is 4.74 Å². The Morgan fingerprint density at radius 2 is 2.00 bits per heavy atom. The standard InChI is InChI=1S/C16H18BrNO/c1-3-18-11-13-7-8-16(15(17)10-13)19-14-6-4-5-12(2)9-14/h4-10,18H,3,11H2,1-2H3. The van der Waals surface area contributed by atoms with Gasteiger partial charge in [0.05, 0.1) is 4.47 Å². The predicted octanol–water partition coefficient (Wildman–Crippen LogP) is 4.66. The van der Waals surface area contributed by atoms with Crippen LogP contribution in [0.5, 0.6) is 11.5 Å². The molecular weight excluding hydrogens is 302 g/mol. The van der Waals surface area contributed by atoms with Crippen LogP contribution >= 0.6 is 15.9 Å². The van der Waals surface area contributed by atoms with Gasteiger partial charge < -0.3 is 10.1 Å². The van der Waals surface area contributed by atoms with Crippen LogP contribution < -0.4 is 10.1 Å². The highest BCUT2D eigenvalue weighted by Crippen LogP contribution is 2.30. The molecule has 0 unspecified atom stereocenters. The number of hydrogen-bond donors (Lipinski definition) is 1. The Kier molecular flexibility index (Phi) is 5.00. The zero-order valence-corrected chi connectivity index (χ0v) is 12.8. The lowest BCUT2D eigenvalue weighted by Gasteiger charge is -2.10. The Labute approximate surface area is 122 Å². The first-order valence-electron chi connectivity index (χ1n) is 6.42. The summed E-state index contributed by atoms with van der Waals surface area (Å²) in [6.45, 7) is 6.00. The first-order valence-corrected chi connectivity index (χ1v) is 7.22. The van der Waals surface area contributed by atoms with E-state index in [1.165, 1.54) is 11.1 Å². The van der Waals surface area contributed by atoms with Crippen LogP contribution in [0.3, 0.4) is 0 Å². The van der Waals surface area contributed by atoms with Crippen molar-refractivity contribution in [1.82, 2.24) is 5.32 Å². The normalized spacial score (nSPS) is 10.5. The minimum atomic E-state index is 0.839. The predicted molar refractivity (Wildman–Crippen MR) is 82.8 cm³/mol. The Bertz CT molecular complexity index is 554. The molecule has 100 valence electrons. The van der Waals surface area contributed by atoms with Gasteiger partial charge in [0, 0.05) is 6.54 Å². The van der Waals surface area contributed by atoms with Crippen LogP contribution in [0, 0.1) is 6.92 Å². The van der Waals surface area contributed by atoms with Gasteiger partial charge in [0.1, 0.15) is 11.5 Å². The van der Waals surface area contributed by atoms with E-state index in [0.717, 1.165) is 29.1 Å². The Hall–Kier alpha value is -1.32. The van der Waals surface area contributed by atoms with Gasteiger partial charge in [0.15, 0.2) is 0 Å². The largest absolute Gasteiger partial charge is 0.456 e. The van der Waals surface area contributed by atoms with Gasteiger partial charge in [0.25, 0.3) is 0 Å². The van der Waals surface area contributed by atoms with Crippen molar-refractivity contribution in [2.75, 3.05) is 6.54 Å². The summed E-state index contributed by atoms with van der Waals surface area (Å²) >= 11 is 3.56. The lowest BCUT2D eigenvalue weighted by atomic mass is 10.2. The lowest BCUT2D eigenvalue weighted by molar-refractivity contribution is 0.479. The fraction of sp³-hybridized carbons (Fsp3) is 0.250. The molecule has 0 aliphatic carbocycles. The number of nitrogens with one attached hydrogen (secondary N) is 1. The molecule has 0 aliphatic rings. The van der Waals surface area contributed by atoms with Gasteiger partial charge in [-0.1, -0.05) is 25.1 Å². The third-order valence-electron chi connectivity index (χ3n) is 2.79. The SMILES string of the molecule is CCNCc1ccc(Oc2cccc(C)c2)c(Br)c1. The van der Waals surface area contributed by atoms with Crippen LogP contribution in [0.4, 0.5) is 0 Å². The number of aryl methyl sites for hydroxylation is 1. The van der Waals surface area contributed by atoms with E-state index in [9.17, 15) is 0 Å². The smallest absolute Gasteiger partial charge is 0.141 e. The second-order valence-corrected chi connectivity index (χ2v) is 5.32. The van der Waals surface area contributed by atoms with Gasteiger partial charge in [-0.2, -0.15) is 0 Å². The van der Waals surface area contributed by atoms with Crippen LogP contribution in [0.25, 0.3) is 0 Å². The van der Waals surface area contributed by atoms with Crippen molar-refractivity contribution >= 4 is 15.9 Å². The van der Waals surface area contributed by atoms with E-state index in [1.807, 2.05) is 24.3 Å². The van der Waals surface area contributed by atoms with Crippen LogP contribution in [0.2, 0.25) is 0 Å². The summed E-state index contributed by atoms with van der Waals surface area (Å²) in [7, 11) is 0. The quantitative estimate of drug-likeness (QED) is 0.865.